The zero-order valence-electron chi connectivity index (χ0n) is 24.8. The van der Waals surface area contributed by atoms with E-state index in [0.717, 1.165) is 91.1 Å². The fraction of sp³-hybridized carbons (Fsp3) is 0.438. The fourth-order valence-electron chi connectivity index (χ4n) is 5.31. The van der Waals surface area contributed by atoms with Gasteiger partial charge in [0.2, 0.25) is 5.95 Å². The molecule has 4 N–H and O–H groups in total. The number of aromatic nitrogens is 3. The van der Waals surface area contributed by atoms with Gasteiger partial charge in [0.15, 0.2) is 5.82 Å². The highest BCUT2D eigenvalue weighted by molar-refractivity contribution is 6.09. The van der Waals surface area contributed by atoms with Crippen LogP contribution in [0.1, 0.15) is 44.2 Å². The summed E-state index contributed by atoms with van der Waals surface area (Å²) in [6, 6.07) is 14.9. The predicted molar refractivity (Wildman–Crippen MR) is 169 cm³/mol. The fourth-order valence-corrected chi connectivity index (χ4v) is 5.31. The van der Waals surface area contributed by atoms with Gasteiger partial charge in [-0.1, -0.05) is 43.7 Å². The normalized spacial score (nSPS) is 13.6. The van der Waals surface area contributed by atoms with E-state index in [-0.39, 0.29) is 12.6 Å². The number of aliphatic hydroxyl groups is 1. The third kappa shape index (κ3) is 7.16. The highest BCUT2D eigenvalue weighted by atomic mass is 16.5. The van der Waals surface area contributed by atoms with Crippen LogP contribution in [0.15, 0.2) is 48.5 Å². The number of ether oxygens (including phenoxy) is 2. The zero-order chi connectivity index (χ0) is 29.2. The van der Waals surface area contributed by atoms with Crippen LogP contribution in [0, 0.1) is 0 Å². The third-order valence-electron chi connectivity index (χ3n) is 7.27. The SMILES string of the molecule is CCCCNc1nc(N)nc2c3ccccc3n(Cc3cc(C4=CCCN(CCOC)C4)ccc3OC)c12.CCO. The van der Waals surface area contributed by atoms with Crippen molar-refractivity contribution in [1.82, 2.24) is 19.4 Å². The molecule has 220 valence electrons. The summed E-state index contributed by atoms with van der Waals surface area (Å²) in [7, 11) is 3.49. The maximum Gasteiger partial charge on any atom is 0.222 e. The zero-order valence-corrected chi connectivity index (χ0v) is 24.8. The molecule has 3 heterocycles. The molecule has 5 rings (SSSR count). The van der Waals surface area contributed by atoms with Gasteiger partial charge in [0.1, 0.15) is 16.8 Å². The predicted octanol–water partition coefficient (Wildman–Crippen LogP) is 5.17. The highest BCUT2D eigenvalue weighted by Crippen LogP contribution is 2.35. The number of benzene rings is 2. The van der Waals surface area contributed by atoms with Crippen LogP contribution in [0.2, 0.25) is 0 Å². The molecule has 0 aliphatic carbocycles. The Morgan fingerprint density at radius 3 is 2.66 bits per heavy atom. The summed E-state index contributed by atoms with van der Waals surface area (Å²) in [5.74, 6) is 1.92. The van der Waals surface area contributed by atoms with E-state index >= 15 is 0 Å². The molecule has 1 aliphatic rings. The molecule has 1 aliphatic heterocycles. The lowest BCUT2D eigenvalue weighted by molar-refractivity contribution is 0.154. The molecule has 4 aromatic rings. The van der Waals surface area contributed by atoms with E-state index in [1.54, 1.807) is 21.1 Å². The molecule has 0 atom stereocenters. The molecule has 2 aromatic carbocycles. The van der Waals surface area contributed by atoms with Crippen LogP contribution in [0.5, 0.6) is 5.75 Å². The van der Waals surface area contributed by atoms with Crippen molar-refractivity contribution < 1.29 is 14.6 Å². The number of fused-ring (bicyclic) bond motifs is 3. The van der Waals surface area contributed by atoms with Gasteiger partial charge in [-0.25, -0.2) is 4.98 Å². The molecular formula is C32H44N6O3. The Kier molecular flexibility index (Phi) is 11.0. The summed E-state index contributed by atoms with van der Waals surface area (Å²) in [5, 5.41) is 12.2. The molecule has 0 radical (unpaired) electrons. The van der Waals surface area contributed by atoms with E-state index in [4.69, 9.17) is 20.3 Å². The number of nitrogen functional groups attached to an aromatic ring is 1. The second kappa shape index (κ2) is 14.8. The maximum absolute atomic E-state index is 7.57. The van der Waals surface area contributed by atoms with Crippen molar-refractivity contribution in [1.29, 1.82) is 0 Å². The average molecular weight is 561 g/mol. The van der Waals surface area contributed by atoms with Gasteiger partial charge in [-0.2, -0.15) is 4.98 Å². The smallest absolute Gasteiger partial charge is 0.222 e. The summed E-state index contributed by atoms with van der Waals surface area (Å²) in [5.41, 5.74) is 12.8. The number of methoxy groups -OCH3 is 2. The van der Waals surface area contributed by atoms with E-state index in [1.165, 1.54) is 11.1 Å². The second-order valence-corrected chi connectivity index (χ2v) is 10.1. The molecule has 0 saturated heterocycles. The first kappa shape index (κ1) is 30.3. The van der Waals surface area contributed by atoms with Crippen LogP contribution >= 0.6 is 0 Å². The summed E-state index contributed by atoms with van der Waals surface area (Å²) < 4.78 is 13.4. The van der Waals surface area contributed by atoms with Crippen molar-refractivity contribution in [2.24, 2.45) is 0 Å². The van der Waals surface area contributed by atoms with E-state index in [1.807, 2.05) is 6.07 Å². The molecule has 0 unspecified atom stereocenters. The van der Waals surface area contributed by atoms with E-state index < -0.39 is 0 Å². The number of hydrogen-bond acceptors (Lipinski definition) is 8. The molecule has 0 bridgehead atoms. The van der Waals surface area contributed by atoms with Crippen molar-refractivity contribution in [3.8, 4) is 5.75 Å². The number of unbranched alkanes of at least 4 members (excludes halogenated alkanes) is 1. The lowest BCUT2D eigenvalue weighted by atomic mass is 9.98. The molecule has 0 spiro atoms. The Morgan fingerprint density at radius 2 is 1.90 bits per heavy atom. The summed E-state index contributed by atoms with van der Waals surface area (Å²) in [6.07, 6.45) is 5.56. The minimum atomic E-state index is 0.250. The van der Waals surface area contributed by atoms with E-state index in [0.29, 0.717) is 6.54 Å². The number of rotatable bonds is 11. The molecular weight excluding hydrogens is 516 g/mol. The van der Waals surface area contributed by atoms with Crippen molar-refractivity contribution in [2.45, 2.75) is 39.7 Å². The third-order valence-corrected chi connectivity index (χ3v) is 7.27. The lowest BCUT2D eigenvalue weighted by Gasteiger charge is -2.27. The monoisotopic (exact) mass is 560 g/mol. The summed E-state index contributed by atoms with van der Waals surface area (Å²) in [4.78, 5) is 11.7. The molecule has 0 saturated carbocycles. The number of hydrogen-bond donors (Lipinski definition) is 3. The Hall–Kier alpha value is -3.66. The van der Waals surface area contributed by atoms with Crippen LogP contribution in [-0.4, -0.2) is 78.2 Å². The molecule has 0 fully saturated rings. The van der Waals surface area contributed by atoms with Crippen molar-refractivity contribution in [3.63, 3.8) is 0 Å². The number of para-hydroxylation sites is 1. The molecule has 41 heavy (non-hydrogen) atoms. The maximum atomic E-state index is 7.57. The molecule has 9 nitrogen and oxygen atoms in total. The quantitative estimate of drug-likeness (QED) is 0.216. The largest absolute Gasteiger partial charge is 0.496 e. The first-order valence-electron chi connectivity index (χ1n) is 14.5. The van der Waals surface area contributed by atoms with E-state index in [2.05, 4.69) is 74.1 Å². The van der Waals surface area contributed by atoms with E-state index in [9.17, 15) is 0 Å². The first-order chi connectivity index (χ1) is 20.0. The Labute approximate surface area is 243 Å². The average Bonchev–Trinajstić information content (AvgIpc) is 3.30. The standard InChI is InChI=1S/C30H38N6O2.C2H6O/c1-4-5-14-32-29-28-27(33-30(31)34-29)24-10-6-7-11-25(24)36(28)20-23-18-21(12-13-26(23)38-3)22-9-8-15-35(19-22)16-17-37-2;1-2-3/h6-7,9-13,18H,4-5,8,14-17,19-20H2,1-3H3,(H3,31,32,33,34);3H,2H2,1H3. The second-order valence-electron chi connectivity index (χ2n) is 10.1. The number of anilines is 2. The Balaban J connectivity index is 0.00000124. The highest BCUT2D eigenvalue weighted by Gasteiger charge is 2.20. The first-order valence-corrected chi connectivity index (χ1v) is 14.5. The Morgan fingerprint density at radius 1 is 1.10 bits per heavy atom. The number of nitrogens with zero attached hydrogens (tertiary/aromatic N) is 4. The minimum absolute atomic E-state index is 0.250. The number of aliphatic hydroxyl groups excluding tert-OH is 1. The lowest BCUT2D eigenvalue weighted by Crippen LogP contribution is -2.32. The van der Waals surface area contributed by atoms with Crippen LogP contribution in [0.4, 0.5) is 11.8 Å². The molecule has 0 amide bonds. The Bertz CT molecular complexity index is 1470. The molecule has 9 heteroatoms. The van der Waals surface area contributed by atoms with Crippen molar-refractivity contribution in [2.75, 3.05) is 64.7 Å². The minimum Gasteiger partial charge on any atom is -0.496 e. The van der Waals surface area contributed by atoms with Gasteiger partial charge in [-0.3, -0.25) is 4.90 Å². The summed E-state index contributed by atoms with van der Waals surface area (Å²) >= 11 is 0. The molecule has 2 aromatic heterocycles. The van der Waals surface area contributed by atoms with Gasteiger partial charge < -0.3 is 30.2 Å². The van der Waals surface area contributed by atoms with Crippen LogP contribution < -0.4 is 15.8 Å². The van der Waals surface area contributed by atoms with Crippen LogP contribution in [0.25, 0.3) is 27.5 Å². The number of nitrogens with one attached hydrogen (secondary N) is 1. The van der Waals surface area contributed by atoms with Crippen LogP contribution in [-0.2, 0) is 11.3 Å². The van der Waals surface area contributed by atoms with Gasteiger partial charge in [-0.05, 0) is 49.1 Å². The van der Waals surface area contributed by atoms with Gasteiger partial charge in [0.25, 0.3) is 0 Å². The van der Waals surface area contributed by atoms with Crippen LogP contribution in [0.3, 0.4) is 0 Å². The summed E-state index contributed by atoms with van der Waals surface area (Å²) in [6.45, 7) is 9.23. The number of nitrogens with two attached hydrogens (primary N) is 1. The van der Waals surface area contributed by atoms with Crippen molar-refractivity contribution >= 4 is 39.3 Å². The topological polar surface area (TPSA) is 111 Å². The van der Waals surface area contributed by atoms with Crippen molar-refractivity contribution in [3.05, 3.63) is 59.7 Å². The van der Waals surface area contributed by atoms with Gasteiger partial charge in [0, 0.05) is 50.8 Å². The van der Waals surface area contributed by atoms with Gasteiger partial charge >= 0.3 is 0 Å². The van der Waals surface area contributed by atoms with Gasteiger partial charge in [-0.15, -0.1) is 0 Å². The van der Waals surface area contributed by atoms with Gasteiger partial charge in [0.05, 0.1) is 25.8 Å².